The predicted molar refractivity (Wildman–Crippen MR) is 72.9 cm³/mol. The molecule has 0 N–H and O–H groups in total. The Morgan fingerprint density at radius 1 is 1.24 bits per heavy atom. The van der Waals surface area contributed by atoms with E-state index < -0.39 is 0 Å². The number of carbonyl (C=O) groups is 1. The van der Waals surface area contributed by atoms with Crippen LogP contribution >= 0.6 is 0 Å². The summed E-state index contributed by atoms with van der Waals surface area (Å²) < 4.78 is 0. The van der Waals surface area contributed by atoms with Crippen molar-refractivity contribution >= 4 is 5.91 Å². The molecule has 1 aliphatic rings. The van der Waals surface area contributed by atoms with Gasteiger partial charge in [-0.15, -0.1) is 0 Å². The molecule has 98 valence electrons. The molecule has 0 saturated carbocycles. The lowest BCUT2D eigenvalue weighted by Gasteiger charge is -2.38. The third kappa shape index (κ3) is 3.86. The van der Waals surface area contributed by atoms with E-state index in [4.69, 9.17) is 0 Å². The number of nitrogens with zero attached hydrogens (tertiary/aromatic N) is 1. The molecule has 0 aliphatic carbocycles. The summed E-state index contributed by atoms with van der Waals surface area (Å²) in [5.41, 5.74) is 0.0623. The molecular weight excluding hydrogens is 210 g/mol. The molecule has 1 aliphatic heterocycles. The highest BCUT2D eigenvalue weighted by atomic mass is 16.2. The van der Waals surface area contributed by atoms with Gasteiger partial charge in [0, 0.05) is 18.2 Å². The van der Waals surface area contributed by atoms with Crippen LogP contribution in [-0.4, -0.2) is 22.9 Å². The summed E-state index contributed by atoms with van der Waals surface area (Å²) in [4.78, 5) is 13.8. The van der Waals surface area contributed by atoms with E-state index in [0.29, 0.717) is 0 Å². The number of rotatable bonds is 8. The van der Waals surface area contributed by atoms with Crippen LogP contribution in [0.1, 0.15) is 65.7 Å². The molecular formula is C15H27NO. The van der Waals surface area contributed by atoms with Crippen LogP contribution in [0.5, 0.6) is 0 Å². The SMILES string of the molecule is CCCCCCCC(C)(CC)N1CC=CC1=O. The highest BCUT2D eigenvalue weighted by molar-refractivity contribution is 5.90. The van der Waals surface area contributed by atoms with Crippen molar-refractivity contribution in [2.75, 3.05) is 6.54 Å². The van der Waals surface area contributed by atoms with Crippen LogP contribution in [0.25, 0.3) is 0 Å². The molecule has 1 heterocycles. The quantitative estimate of drug-likeness (QED) is 0.586. The number of hydrogen-bond acceptors (Lipinski definition) is 1. The van der Waals surface area contributed by atoms with Crippen LogP contribution in [0.3, 0.4) is 0 Å². The monoisotopic (exact) mass is 237 g/mol. The van der Waals surface area contributed by atoms with Crippen molar-refractivity contribution in [1.82, 2.24) is 4.90 Å². The standard InChI is InChI=1S/C15H27NO/c1-4-6-7-8-9-12-15(3,5-2)16-13-10-11-14(16)17/h10-11H,4-9,12-13H2,1-3H3. The minimum Gasteiger partial charge on any atom is -0.330 e. The summed E-state index contributed by atoms with van der Waals surface area (Å²) in [5.74, 6) is 0.197. The normalized spacial score (nSPS) is 18.8. The molecule has 0 aromatic rings. The first-order valence-electron chi connectivity index (χ1n) is 7.12. The fraction of sp³-hybridized carbons (Fsp3) is 0.800. The van der Waals surface area contributed by atoms with Gasteiger partial charge in [0.05, 0.1) is 0 Å². The molecule has 0 spiro atoms. The predicted octanol–water partition coefficient (Wildman–Crippen LogP) is 3.91. The van der Waals surface area contributed by atoms with E-state index in [9.17, 15) is 4.79 Å². The summed E-state index contributed by atoms with van der Waals surface area (Å²) >= 11 is 0. The third-order valence-electron chi connectivity index (χ3n) is 4.05. The van der Waals surface area contributed by atoms with Gasteiger partial charge in [0.25, 0.3) is 0 Å². The highest BCUT2D eigenvalue weighted by Gasteiger charge is 2.33. The molecule has 0 radical (unpaired) electrons. The second kappa shape index (κ2) is 6.83. The molecule has 0 fully saturated rings. The summed E-state index contributed by atoms with van der Waals surface area (Å²) in [7, 11) is 0. The average molecular weight is 237 g/mol. The maximum atomic E-state index is 11.8. The maximum Gasteiger partial charge on any atom is 0.247 e. The second-order valence-electron chi connectivity index (χ2n) is 5.37. The van der Waals surface area contributed by atoms with Gasteiger partial charge in [-0.05, 0) is 19.8 Å². The Hall–Kier alpha value is -0.790. The average Bonchev–Trinajstić information content (AvgIpc) is 2.75. The Morgan fingerprint density at radius 2 is 1.94 bits per heavy atom. The summed E-state index contributed by atoms with van der Waals surface area (Å²) in [6, 6.07) is 0. The molecule has 0 aromatic heterocycles. The lowest BCUT2D eigenvalue weighted by molar-refractivity contribution is -0.130. The molecule has 2 nitrogen and oxygen atoms in total. The first-order chi connectivity index (χ1) is 8.14. The van der Waals surface area contributed by atoms with E-state index in [-0.39, 0.29) is 11.4 Å². The minimum atomic E-state index is 0.0623. The second-order valence-corrected chi connectivity index (χ2v) is 5.37. The van der Waals surface area contributed by atoms with Gasteiger partial charge >= 0.3 is 0 Å². The van der Waals surface area contributed by atoms with E-state index in [1.807, 2.05) is 11.0 Å². The lowest BCUT2D eigenvalue weighted by Crippen LogP contribution is -2.46. The Labute approximate surface area is 106 Å². The van der Waals surface area contributed by atoms with Crippen LogP contribution in [0.4, 0.5) is 0 Å². The topological polar surface area (TPSA) is 20.3 Å². The van der Waals surface area contributed by atoms with E-state index >= 15 is 0 Å². The number of unbranched alkanes of at least 4 members (excludes halogenated alkanes) is 4. The first-order valence-corrected chi connectivity index (χ1v) is 7.12. The van der Waals surface area contributed by atoms with E-state index in [0.717, 1.165) is 19.4 Å². The third-order valence-corrected chi connectivity index (χ3v) is 4.05. The van der Waals surface area contributed by atoms with Crippen LogP contribution in [0.15, 0.2) is 12.2 Å². The van der Waals surface area contributed by atoms with Gasteiger partial charge in [0.15, 0.2) is 0 Å². The van der Waals surface area contributed by atoms with Crippen molar-refractivity contribution in [3.05, 3.63) is 12.2 Å². The lowest BCUT2D eigenvalue weighted by atomic mass is 9.89. The van der Waals surface area contributed by atoms with Crippen LogP contribution in [-0.2, 0) is 4.79 Å². The molecule has 0 bridgehead atoms. The molecule has 1 unspecified atom stereocenters. The Bertz CT molecular complexity index is 272. The highest BCUT2D eigenvalue weighted by Crippen LogP contribution is 2.28. The van der Waals surface area contributed by atoms with Crippen molar-refractivity contribution in [2.45, 2.75) is 71.3 Å². The summed E-state index contributed by atoms with van der Waals surface area (Å²) in [5, 5.41) is 0. The maximum absolute atomic E-state index is 11.8. The van der Waals surface area contributed by atoms with E-state index in [2.05, 4.69) is 20.8 Å². The van der Waals surface area contributed by atoms with Crippen LogP contribution in [0, 0.1) is 0 Å². The molecule has 2 heteroatoms. The minimum absolute atomic E-state index is 0.0623. The van der Waals surface area contributed by atoms with Crippen molar-refractivity contribution < 1.29 is 4.79 Å². The molecule has 1 amide bonds. The van der Waals surface area contributed by atoms with Gasteiger partial charge in [-0.1, -0.05) is 52.0 Å². The smallest absolute Gasteiger partial charge is 0.247 e. The van der Waals surface area contributed by atoms with E-state index in [1.54, 1.807) is 6.08 Å². The molecule has 1 rings (SSSR count). The van der Waals surface area contributed by atoms with Crippen LogP contribution < -0.4 is 0 Å². The zero-order chi connectivity index (χ0) is 12.7. The van der Waals surface area contributed by atoms with E-state index in [1.165, 1.54) is 32.1 Å². The Balaban J connectivity index is 2.37. The van der Waals surface area contributed by atoms with Gasteiger partial charge in [-0.3, -0.25) is 4.79 Å². The van der Waals surface area contributed by atoms with Gasteiger partial charge in [-0.2, -0.15) is 0 Å². The Morgan fingerprint density at radius 3 is 2.47 bits per heavy atom. The largest absolute Gasteiger partial charge is 0.330 e. The van der Waals surface area contributed by atoms with Gasteiger partial charge in [0.2, 0.25) is 5.91 Å². The van der Waals surface area contributed by atoms with Crippen molar-refractivity contribution in [1.29, 1.82) is 0 Å². The van der Waals surface area contributed by atoms with Crippen molar-refractivity contribution in [3.63, 3.8) is 0 Å². The fourth-order valence-corrected chi connectivity index (χ4v) is 2.54. The summed E-state index contributed by atoms with van der Waals surface area (Å²) in [6.07, 6.45) is 12.4. The molecule has 0 aromatic carbocycles. The fourth-order valence-electron chi connectivity index (χ4n) is 2.54. The Kier molecular flexibility index (Phi) is 5.73. The van der Waals surface area contributed by atoms with Crippen molar-refractivity contribution in [3.8, 4) is 0 Å². The molecule has 17 heavy (non-hydrogen) atoms. The number of hydrogen-bond donors (Lipinski definition) is 0. The zero-order valence-corrected chi connectivity index (χ0v) is 11.7. The zero-order valence-electron chi connectivity index (χ0n) is 11.7. The number of amides is 1. The number of carbonyl (C=O) groups excluding carboxylic acids is 1. The van der Waals surface area contributed by atoms with Crippen molar-refractivity contribution in [2.24, 2.45) is 0 Å². The van der Waals surface area contributed by atoms with Crippen LogP contribution in [0.2, 0.25) is 0 Å². The first kappa shape index (κ1) is 14.3. The van der Waals surface area contributed by atoms with Gasteiger partial charge < -0.3 is 4.90 Å². The van der Waals surface area contributed by atoms with Gasteiger partial charge in [0.1, 0.15) is 0 Å². The van der Waals surface area contributed by atoms with Gasteiger partial charge in [-0.25, -0.2) is 0 Å². The molecule has 1 atom stereocenters. The molecule has 0 saturated heterocycles. The summed E-state index contributed by atoms with van der Waals surface area (Å²) in [6.45, 7) is 7.47.